The molecule has 0 aliphatic rings. The van der Waals surface area contributed by atoms with E-state index in [1.54, 1.807) is 0 Å². The van der Waals surface area contributed by atoms with Crippen molar-refractivity contribution in [2.45, 2.75) is 38.0 Å². The normalized spacial score (nSPS) is 15.9. The molecule has 17 heavy (non-hydrogen) atoms. The Morgan fingerprint density at radius 2 is 2.18 bits per heavy atom. The van der Waals surface area contributed by atoms with Crippen LogP contribution in [-0.2, 0) is 6.18 Å². The van der Waals surface area contributed by atoms with Crippen LogP contribution >= 0.6 is 0 Å². The number of nitrogens with two attached hydrogens (primary N) is 1. The zero-order valence-corrected chi connectivity index (χ0v) is 9.48. The van der Waals surface area contributed by atoms with Gasteiger partial charge in [-0.25, -0.2) is 0 Å². The summed E-state index contributed by atoms with van der Waals surface area (Å²) >= 11 is 0. The first-order valence-corrected chi connectivity index (χ1v) is 5.39. The van der Waals surface area contributed by atoms with Gasteiger partial charge in [0.15, 0.2) is 5.69 Å². The first-order valence-electron chi connectivity index (χ1n) is 5.39. The van der Waals surface area contributed by atoms with Crippen LogP contribution in [0, 0.1) is 0 Å². The predicted molar refractivity (Wildman–Crippen MR) is 56.2 cm³/mol. The molecule has 98 valence electrons. The lowest BCUT2D eigenvalue weighted by Crippen LogP contribution is -2.35. The van der Waals surface area contributed by atoms with Crippen LogP contribution in [0.25, 0.3) is 0 Å². The number of rotatable bonds is 5. The van der Waals surface area contributed by atoms with E-state index in [-0.39, 0.29) is 6.61 Å². The molecular weight excluding hydrogens is 235 g/mol. The lowest BCUT2D eigenvalue weighted by Gasteiger charge is -2.21. The summed E-state index contributed by atoms with van der Waals surface area (Å²) in [6.45, 7) is 1.58. The van der Waals surface area contributed by atoms with Crippen LogP contribution in [0.1, 0.15) is 31.5 Å². The van der Waals surface area contributed by atoms with Crippen molar-refractivity contribution in [2.75, 3.05) is 6.61 Å². The molecule has 7 heteroatoms. The van der Waals surface area contributed by atoms with Gasteiger partial charge in [0.1, 0.15) is 0 Å². The summed E-state index contributed by atoms with van der Waals surface area (Å²) < 4.78 is 38.1. The van der Waals surface area contributed by atoms with Crippen molar-refractivity contribution in [3.8, 4) is 0 Å². The predicted octanol–water partition coefficient (Wildman–Crippen LogP) is 1.56. The van der Waals surface area contributed by atoms with Crippen molar-refractivity contribution in [3.05, 3.63) is 18.0 Å². The van der Waals surface area contributed by atoms with Crippen LogP contribution in [0.4, 0.5) is 13.2 Å². The Bertz CT molecular complexity index is 351. The highest BCUT2D eigenvalue weighted by Crippen LogP contribution is 2.28. The largest absolute Gasteiger partial charge is 0.435 e. The Labute approximate surface area is 97.2 Å². The van der Waals surface area contributed by atoms with E-state index in [0.29, 0.717) is 6.42 Å². The fourth-order valence-electron chi connectivity index (χ4n) is 1.61. The van der Waals surface area contributed by atoms with E-state index in [1.807, 2.05) is 6.92 Å². The average Bonchev–Trinajstić information content (AvgIpc) is 2.68. The van der Waals surface area contributed by atoms with Crippen molar-refractivity contribution >= 4 is 0 Å². The second-order valence-electron chi connectivity index (χ2n) is 3.88. The molecule has 0 spiro atoms. The molecule has 2 atom stereocenters. The monoisotopic (exact) mass is 251 g/mol. The average molecular weight is 251 g/mol. The van der Waals surface area contributed by atoms with Gasteiger partial charge in [0, 0.05) is 12.2 Å². The number of alkyl halides is 3. The van der Waals surface area contributed by atoms with E-state index in [9.17, 15) is 13.2 Å². The zero-order chi connectivity index (χ0) is 13.1. The molecule has 0 bridgehead atoms. The van der Waals surface area contributed by atoms with Crippen LogP contribution < -0.4 is 5.73 Å². The fraction of sp³-hybridized carbons (Fsp3) is 0.700. The summed E-state index contributed by atoms with van der Waals surface area (Å²) in [5.41, 5.74) is 4.81. The van der Waals surface area contributed by atoms with Crippen molar-refractivity contribution < 1.29 is 18.3 Å². The molecule has 0 radical (unpaired) electrons. The summed E-state index contributed by atoms with van der Waals surface area (Å²) in [7, 11) is 0. The summed E-state index contributed by atoms with van der Waals surface area (Å²) in [6.07, 6.45) is -1.86. The van der Waals surface area contributed by atoms with Gasteiger partial charge in [0.2, 0.25) is 0 Å². The second kappa shape index (κ2) is 5.50. The van der Waals surface area contributed by atoms with E-state index in [1.165, 1.54) is 6.20 Å². The van der Waals surface area contributed by atoms with Gasteiger partial charge in [-0.3, -0.25) is 4.68 Å². The molecule has 0 aromatic carbocycles. The van der Waals surface area contributed by atoms with Gasteiger partial charge in [0.05, 0.1) is 12.6 Å². The third-order valence-electron chi connectivity index (χ3n) is 2.54. The molecule has 0 saturated heterocycles. The van der Waals surface area contributed by atoms with Crippen LogP contribution in [0.15, 0.2) is 12.3 Å². The summed E-state index contributed by atoms with van der Waals surface area (Å²) in [4.78, 5) is 0. The fourth-order valence-corrected chi connectivity index (χ4v) is 1.61. The molecule has 0 fully saturated rings. The molecule has 3 N–H and O–H groups in total. The first-order chi connectivity index (χ1) is 7.90. The maximum Gasteiger partial charge on any atom is 0.435 e. The number of hydrogen-bond donors (Lipinski definition) is 2. The second-order valence-corrected chi connectivity index (χ2v) is 3.88. The van der Waals surface area contributed by atoms with E-state index in [2.05, 4.69) is 5.10 Å². The molecule has 0 aliphatic carbocycles. The highest BCUT2D eigenvalue weighted by molar-refractivity contribution is 5.04. The number of aliphatic hydroxyl groups is 1. The SMILES string of the molecule is CCCC(N)C(CO)n1ccc(C(F)(F)F)n1. The Morgan fingerprint density at radius 3 is 2.59 bits per heavy atom. The third kappa shape index (κ3) is 3.44. The molecule has 0 aliphatic heterocycles. The van der Waals surface area contributed by atoms with Gasteiger partial charge < -0.3 is 10.8 Å². The van der Waals surface area contributed by atoms with Gasteiger partial charge >= 0.3 is 6.18 Å². The van der Waals surface area contributed by atoms with Crippen molar-refractivity contribution in [2.24, 2.45) is 5.73 Å². The summed E-state index contributed by atoms with van der Waals surface area (Å²) in [5, 5.41) is 12.6. The van der Waals surface area contributed by atoms with Gasteiger partial charge in [-0.05, 0) is 12.5 Å². The van der Waals surface area contributed by atoms with Crippen LogP contribution in [0.2, 0.25) is 0 Å². The van der Waals surface area contributed by atoms with Crippen molar-refractivity contribution in [1.29, 1.82) is 0 Å². The minimum Gasteiger partial charge on any atom is -0.394 e. The van der Waals surface area contributed by atoms with E-state index < -0.39 is 24.0 Å². The molecule has 0 saturated carbocycles. The number of nitrogens with zero attached hydrogens (tertiary/aromatic N) is 2. The Balaban J connectivity index is 2.86. The number of aliphatic hydroxyl groups excluding tert-OH is 1. The van der Waals surface area contributed by atoms with E-state index in [0.717, 1.165) is 17.2 Å². The number of hydrogen-bond acceptors (Lipinski definition) is 3. The van der Waals surface area contributed by atoms with Gasteiger partial charge in [-0.15, -0.1) is 0 Å². The molecule has 1 aromatic heterocycles. The minimum absolute atomic E-state index is 0.333. The maximum absolute atomic E-state index is 12.3. The van der Waals surface area contributed by atoms with Crippen molar-refractivity contribution in [3.63, 3.8) is 0 Å². The molecule has 1 heterocycles. The lowest BCUT2D eigenvalue weighted by atomic mass is 10.1. The number of halogens is 3. The minimum atomic E-state index is -4.47. The first kappa shape index (κ1) is 14.0. The Hall–Kier alpha value is -1.08. The zero-order valence-electron chi connectivity index (χ0n) is 9.48. The van der Waals surface area contributed by atoms with Crippen LogP contribution in [0.5, 0.6) is 0 Å². The standard InChI is InChI=1S/C10H16F3N3O/c1-2-3-7(14)8(6-17)16-5-4-9(15-16)10(11,12)13/h4-5,7-8,17H,2-3,6,14H2,1H3. The third-order valence-corrected chi connectivity index (χ3v) is 2.54. The molecule has 4 nitrogen and oxygen atoms in total. The Morgan fingerprint density at radius 1 is 1.53 bits per heavy atom. The number of aromatic nitrogens is 2. The molecular formula is C10H16F3N3O. The summed E-state index contributed by atoms with van der Waals surface area (Å²) in [5.74, 6) is 0. The summed E-state index contributed by atoms with van der Waals surface area (Å²) in [6, 6.07) is -0.154. The van der Waals surface area contributed by atoms with Crippen molar-refractivity contribution in [1.82, 2.24) is 9.78 Å². The molecule has 1 rings (SSSR count). The molecule has 2 unspecified atom stereocenters. The van der Waals surface area contributed by atoms with Gasteiger partial charge in [-0.2, -0.15) is 18.3 Å². The van der Waals surface area contributed by atoms with Gasteiger partial charge in [-0.1, -0.05) is 13.3 Å². The molecule has 1 aromatic rings. The van der Waals surface area contributed by atoms with E-state index >= 15 is 0 Å². The quantitative estimate of drug-likeness (QED) is 0.834. The highest BCUT2D eigenvalue weighted by atomic mass is 19.4. The topological polar surface area (TPSA) is 64.1 Å². The molecule has 0 amide bonds. The van der Waals surface area contributed by atoms with Crippen LogP contribution in [-0.4, -0.2) is 27.5 Å². The van der Waals surface area contributed by atoms with Crippen LogP contribution in [0.3, 0.4) is 0 Å². The van der Waals surface area contributed by atoms with E-state index in [4.69, 9.17) is 10.8 Å². The smallest absolute Gasteiger partial charge is 0.394 e. The van der Waals surface area contributed by atoms with Gasteiger partial charge in [0.25, 0.3) is 0 Å². The maximum atomic E-state index is 12.3. The highest BCUT2D eigenvalue weighted by Gasteiger charge is 2.34. The lowest BCUT2D eigenvalue weighted by molar-refractivity contribution is -0.141. The Kier molecular flexibility index (Phi) is 4.53.